The van der Waals surface area contributed by atoms with E-state index in [2.05, 4.69) is 16.4 Å². The number of nitriles is 1. The Morgan fingerprint density at radius 3 is 3.00 bits per heavy atom. The maximum atomic E-state index is 13.6. The molecule has 2 aliphatic rings. The van der Waals surface area contributed by atoms with Gasteiger partial charge in [-0.15, -0.1) is 11.8 Å². The van der Waals surface area contributed by atoms with Crippen molar-refractivity contribution in [1.29, 1.82) is 5.26 Å². The Balaban J connectivity index is 1.51. The number of pyridine rings is 1. The van der Waals surface area contributed by atoms with E-state index < -0.39 is 12.2 Å². The molecular weight excluding hydrogens is 393 g/mol. The van der Waals surface area contributed by atoms with Crippen LogP contribution in [0.5, 0.6) is 0 Å². The quantitative estimate of drug-likeness (QED) is 0.824. The number of alkyl halides is 1. The summed E-state index contributed by atoms with van der Waals surface area (Å²) in [6, 6.07) is 8.81. The third-order valence-electron chi connectivity index (χ3n) is 5.22. The zero-order chi connectivity index (χ0) is 20.4. The fourth-order valence-corrected chi connectivity index (χ4v) is 4.73. The van der Waals surface area contributed by atoms with Crippen molar-refractivity contribution in [2.75, 3.05) is 36.2 Å². The molecule has 0 unspecified atom stereocenters. The van der Waals surface area contributed by atoms with Gasteiger partial charge in [0, 0.05) is 36.1 Å². The van der Waals surface area contributed by atoms with Crippen LogP contribution in [0.2, 0.25) is 0 Å². The highest BCUT2D eigenvalue weighted by atomic mass is 32.2. The average Bonchev–Trinajstić information content (AvgIpc) is 3.39. The molecule has 0 radical (unpaired) electrons. The van der Waals surface area contributed by atoms with Crippen molar-refractivity contribution < 1.29 is 14.0 Å². The number of nitrogens with zero attached hydrogens (tertiary/aromatic N) is 4. The minimum Gasteiger partial charge on any atom is -0.368 e. The number of benzene rings is 1. The number of hydrogen-bond acceptors (Lipinski definition) is 6. The number of rotatable bonds is 4. The summed E-state index contributed by atoms with van der Waals surface area (Å²) in [5.41, 5.74) is 1.92. The molecule has 29 heavy (non-hydrogen) atoms. The normalized spacial score (nSPS) is 21.4. The van der Waals surface area contributed by atoms with Gasteiger partial charge in [0.05, 0.1) is 29.6 Å². The highest BCUT2D eigenvalue weighted by Crippen LogP contribution is 2.27. The molecule has 1 N–H and O–H groups in total. The summed E-state index contributed by atoms with van der Waals surface area (Å²) in [7, 11) is 0. The Bertz CT molecular complexity index is 994. The summed E-state index contributed by atoms with van der Waals surface area (Å²) in [6.07, 6.45) is 1.21. The molecule has 2 fully saturated rings. The van der Waals surface area contributed by atoms with Gasteiger partial charge in [-0.25, -0.2) is 4.39 Å². The largest absolute Gasteiger partial charge is 0.368 e. The van der Waals surface area contributed by atoms with Crippen LogP contribution in [0.15, 0.2) is 30.5 Å². The number of thioether (sulfide) groups is 1. The van der Waals surface area contributed by atoms with Gasteiger partial charge in [0.2, 0.25) is 5.91 Å². The monoisotopic (exact) mass is 413 g/mol. The molecule has 0 bridgehead atoms. The van der Waals surface area contributed by atoms with Gasteiger partial charge < -0.3 is 15.1 Å². The van der Waals surface area contributed by atoms with Gasteiger partial charge in [0.15, 0.2) is 0 Å². The molecule has 2 atom stereocenters. The van der Waals surface area contributed by atoms with Gasteiger partial charge in [0.25, 0.3) is 5.91 Å². The Labute approximate surface area is 171 Å². The second kappa shape index (κ2) is 8.25. The van der Waals surface area contributed by atoms with Crippen LogP contribution in [-0.4, -0.2) is 65.2 Å². The molecule has 2 aromatic rings. The van der Waals surface area contributed by atoms with E-state index >= 15 is 0 Å². The van der Waals surface area contributed by atoms with Crippen LogP contribution in [0.1, 0.15) is 16.8 Å². The molecule has 2 saturated heterocycles. The van der Waals surface area contributed by atoms with Crippen molar-refractivity contribution in [1.82, 2.24) is 15.2 Å². The third-order valence-corrected chi connectivity index (χ3v) is 6.23. The number of fused-ring (bicyclic) bond motifs is 1. The molecule has 3 heterocycles. The van der Waals surface area contributed by atoms with Gasteiger partial charge in [-0.2, -0.15) is 5.26 Å². The highest BCUT2D eigenvalue weighted by Gasteiger charge is 2.29. The summed E-state index contributed by atoms with van der Waals surface area (Å²) >= 11 is 1.52. The Morgan fingerprint density at radius 2 is 2.24 bits per heavy atom. The number of hydrogen-bond donors (Lipinski definition) is 1. The van der Waals surface area contributed by atoms with Crippen molar-refractivity contribution in [3.05, 3.63) is 36.0 Å². The first-order chi connectivity index (χ1) is 14.1. The third kappa shape index (κ3) is 3.98. The van der Waals surface area contributed by atoms with Gasteiger partial charge in [-0.1, -0.05) is 0 Å². The van der Waals surface area contributed by atoms with Crippen molar-refractivity contribution in [2.45, 2.75) is 18.6 Å². The first-order valence-corrected chi connectivity index (χ1v) is 10.5. The predicted molar refractivity (Wildman–Crippen MR) is 109 cm³/mol. The molecule has 4 rings (SSSR count). The molecule has 0 spiro atoms. The summed E-state index contributed by atoms with van der Waals surface area (Å²) in [5, 5.41) is 12.4. The van der Waals surface area contributed by atoms with E-state index in [1.807, 2.05) is 23.1 Å². The van der Waals surface area contributed by atoms with E-state index in [0.717, 1.165) is 5.69 Å². The van der Waals surface area contributed by atoms with E-state index in [1.165, 1.54) is 16.7 Å². The van der Waals surface area contributed by atoms with E-state index in [1.54, 1.807) is 12.3 Å². The van der Waals surface area contributed by atoms with Crippen LogP contribution < -0.4 is 10.2 Å². The Hall–Kier alpha value is -2.86. The maximum Gasteiger partial charge on any atom is 0.252 e. The second-order valence-electron chi connectivity index (χ2n) is 7.08. The predicted octanol–water partition coefficient (Wildman–Crippen LogP) is 1.94. The van der Waals surface area contributed by atoms with Crippen LogP contribution in [0.4, 0.5) is 10.1 Å². The molecule has 7 nitrogen and oxygen atoms in total. The zero-order valence-corrected chi connectivity index (χ0v) is 16.5. The number of anilines is 1. The minimum atomic E-state index is -0.839. The van der Waals surface area contributed by atoms with Crippen molar-refractivity contribution in [3.8, 4) is 6.07 Å². The first-order valence-electron chi connectivity index (χ1n) is 9.39. The van der Waals surface area contributed by atoms with E-state index in [4.69, 9.17) is 5.26 Å². The lowest BCUT2D eigenvalue weighted by Crippen LogP contribution is -2.42. The number of amides is 2. The molecular formula is C20H20FN5O2S. The van der Waals surface area contributed by atoms with Crippen LogP contribution in [-0.2, 0) is 4.79 Å². The van der Waals surface area contributed by atoms with Crippen LogP contribution >= 0.6 is 11.8 Å². The fraction of sp³-hybridized carbons (Fsp3) is 0.400. The molecule has 1 aromatic carbocycles. The van der Waals surface area contributed by atoms with Gasteiger partial charge >= 0.3 is 0 Å². The standard InChI is InChI=1S/C20H20FN5O2S/c21-13-4-6-25(10-13)14-1-2-18-17(7-14)16(3-5-23-18)20(28)24-9-19(27)26-12-29-11-15(26)8-22/h1-3,5,7,13,15H,4,6,9-12H2,(H,24,28)/t13-,15+/m0/s1. The average molecular weight is 413 g/mol. The SMILES string of the molecule is N#C[C@@H]1CSCN1C(=O)CNC(=O)c1ccnc2ccc(N3CC[C@H](F)C3)cc12. The van der Waals surface area contributed by atoms with Crippen LogP contribution in [0.3, 0.4) is 0 Å². The number of carbonyl (C=O) groups excluding carboxylic acids is 2. The highest BCUT2D eigenvalue weighted by molar-refractivity contribution is 7.99. The summed E-state index contributed by atoms with van der Waals surface area (Å²) in [5.74, 6) is 0.386. The van der Waals surface area contributed by atoms with E-state index in [9.17, 15) is 14.0 Å². The molecule has 0 aliphatic carbocycles. The van der Waals surface area contributed by atoms with Crippen LogP contribution in [0, 0.1) is 11.3 Å². The number of carbonyl (C=O) groups is 2. The van der Waals surface area contributed by atoms with E-state index in [-0.39, 0.29) is 18.4 Å². The fourth-order valence-electron chi connectivity index (χ4n) is 3.63. The molecule has 150 valence electrons. The van der Waals surface area contributed by atoms with Gasteiger partial charge in [0.1, 0.15) is 12.2 Å². The lowest BCUT2D eigenvalue weighted by atomic mass is 10.1. The molecule has 2 aliphatic heterocycles. The van der Waals surface area contributed by atoms with E-state index in [0.29, 0.717) is 47.6 Å². The second-order valence-corrected chi connectivity index (χ2v) is 8.08. The zero-order valence-electron chi connectivity index (χ0n) is 15.7. The van der Waals surface area contributed by atoms with Crippen molar-refractivity contribution in [2.24, 2.45) is 0 Å². The van der Waals surface area contributed by atoms with Crippen molar-refractivity contribution in [3.63, 3.8) is 0 Å². The van der Waals surface area contributed by atoms with Gasteiger partial charge in [-0.3, -0.25) is 14.6 Å². The number of aromatic nitrogens is 1. The molecule has 1 aromatic heterocycles. The molecule has 0 saturated carbocycles. The molecule has 9 heteroatoms. The maximum absolute atomic E-state index is 13.6. The number of nitrogens with one attached hydrogen (secondary N) is 1. The molecule has 2 amide bonds. The summed E-state index contributed by atoms with van der Waals surface area (Å²) in [4.78, 5) is 32.9. The summed E-state index contributed by atoms with van der Waals surface area (Å²) in [6.45, 7) is 0.809. The van der Waals surface area contributed by atoms with Gasteiger partial charge in [-0.05, 0) is 30.7 Å². The lowest BCUT2D eigenvalue weighted by molar-refractivity contribution is -0.129. The number of halogens is 1. The topological polar surface area (TPSA) is 89.3 Å². The van der Waals surface area contributed by atoms with Crippen LogP contribution in [0.25, 0.3) is 10.9 Å². The Kier molecular flexibility index (Phi) is 5.53. The smallest absolute Gasteiger partial charge is 0.252 e. The van der Waals surface area contributed by atoms with Crippen molar-refractivity contribution >= 4 is 40.2 Å². The lowest BCUT2D eigenvalue weighted by Gasteiger charge is -2.19. The Morgan fingerprint density at radius 1 is 1.38 bits per heavy atom. The summed E-state index contributed by atoms with van der Waals surface area (Å²) < 4.78 is 13.6. The minimum absolute atomic E-state index is 0.170. The first kappa shape index (κ1) is 19.5.